The molecule has 0 saturated carbocycles. The number of hydrogen-bond donors (Lipinski definition) is 1. The van der Waals surface area contributed by atoms with Crippen molar-refractivity contribution in [2.75, 3.05) is 19.6 Å². The van der Waals surface area contributed by atoms with E-state index >= 15 is 0 Å². The van der Waals surface area contributed by atoms with E-state index in [1.54, 1.807) is 9.80 Å². The van der Waals surface area contributed by atoms with Gasteiger partial charge in [0.25, 0.3) is 0 Å². The fourth-order valence-electron chi connectivity index (χ4n) is 2.69. The lowest BCUT2D eigenvalue weighted by Gasteiger charge is -2.38. The maximum Gasteiger partial charge on any atom is 0.326 e. The van der Waals surface area contributed by atoms with Crippen LogP contribution in [0.1, 0.15) is 32.6 Å². The van der Waals surface area contributed by atoms with Crippen molar-refractivity contribution in [3.05, 3.63) is 0 Å². The number of carbonyl (C=O) groups is 2. The molecular weight excluding hydrogens is 220 g/mol. The van der Waals surface area contributed by atoms with Crippen LogP contribution in [-0.4, -0.2) is 52.6 Å². The monoisotopic (exact) mass is 240 g/mol. The fraction of sp³-hybridized carbons (Fsp3) is 0.833. The summed E-state index contributed by atoms with van der Waals surface area (Å²) >= 11 is 0. The molecule has 0 aromatic rings. The van der Waals surface area contributed by atoms with E-state index in [2.05, 4.69) is 0 Å². The number of rotatable bonds is 1. The Morgan fingerprint density at radius 2 is 1.82 bits per heavy atom. The van der Waals surface area contributed by atoms with Crippen molar-refractivity contribution in [1.82, 2.24) is 9.80 Å². The van der Waals surface area contributed by atoms with Crippen LogP contribution in [0.15, 0.2) is 0 Å². The summed E-state index contributed by atoms with van der Waals surface area (Å²) in [5.74, 6) is -0.483. The topological polar surface area (TPSA) is 60.9 Å². The maximum atomic E-state index is 12.2. The van der Waals surface area contributed by atoms with Crippen molar-refractivity contribution in [3.63, 3.8) is 0 Å². The minimum atomic E-state index is -0.871. The van der Waals surface area contributed by atoms with E-state index in [-0.39, 0.29) is 6.03 Å². The Labute approximate surface area is 101 Å². The average molecular weight is 240 g/mol. The van der Waals surface area contributed by atoms with Crippen LogP contribution in [0.5, 0.6) is 0 Å². The van der Waals surface area contributed by atoms with E-state index in [9.17, 15) is 14.7 Å². The van der Waals surface area contributed by atoms with Crippen LogP contribution in [0.4, 0.5) is 4.79 Å². The number of carbonyl (C=O) groups excluding carboxylic acids is 1. The quantitative estimate of drug-likeness (QED) is 0.753. The first-order valence-corrected chi connectivity index (χ1v) is 6.38. The second kappa shape index (κ2) is 4.94. The Morgan fingerprint density at radius 1 is 1.18 bits per heavy atom. The zero-order chi connectivity index (χ0) is 12.4. The molecule has 0 aromatic heterocycles. The number of nitrogens with zero attached hydrogens (tertiary/aromatic N) is 2. The highest BCUT2D eigenvalue weighted by Crippen LogP contribution is 2.24. The lowest BCUT2D eigenvalue weighted by molar-refractivity contribution is -0.144. The molecule has 0 bridgehead atoms. The van der Waals surface area contributed by atoms with Gasteiger partial charge in [-0.25, -0.2) is 9.59 Å². The summed E-state index contributed by atoms with van der Waals surface area (Å²) in [4.78, 5) is 26.8. The van der Waals surface area contributed by atoms with Gasteiger partial charge in [-0.05, 0) is 31.6 Å². The first kappa shape index (κ1) is 12.2. The highest BCUT2D eigenvalue weighted by molar-refractivity contribution is 5.83. The minimum absolute atomic E-state index is 0.0817. The molecule has 1 N–H and O–H groups in total. The minimum Gasteiger partial charge on any atom is -0.480 e. The number of aliphatic carboxylic acids is 1. The van der Waals surface area contributed by atoms with Crippen LogP contribution in [0, 0.1) is 5.92 Å². The molecule has 2 rings (SSSR count). The van der Waals surface area contributed by atoms with Gasteiger partial charge in [-0.1, -0.05) is 6.92 Å². The van der Waals surface area contributed by atoms with Gasteiger partial charge in [0.05, 0.1) is 0 Å². The third-order valence-electron chi connectivity index (χ3n) is 3.77. The zero-order valence-electron chi connectivity index (χ0n) is 10.3. The lowest BCUT2D eigenvalue weighted by atomic mass is 9.93. The number of urea groups is 1. The van der Waals surface area contributed by atoms with Gasteiger partial charge in [0.2, 0.25) is 0 Å². The van der Waals surface area contributed by atoms with Gasteiger partial charge in [0.1, 0.15) is 6.04 Å². The Morgan fingerprint density at radius 3 is 2.41 bits per heavy atom. The van der Waals surface area contributed by atoms with Crippen LogP contribution in [0.3, 0.4) is 0 Å². The highest BCUT2D eigenvalue weighted by atomic mass is 16.4. The Hall–Kier alpha value is -1.26. The van der Waals surface area contributed by atoms with Gasteiger partial charge in [0.15, 0.2) is 0 Å². The number of piperidine rings is 1. The third kappa shape index (κ3) is 2.53. The molecule has 2 amide bonds. The third-order valence-corrected chi connectivity index (χ3v) is 3.77. The first-order chi connectivity index (χ1) is 8.09. The molecule has 2 aliphatic heterocycles. The van der Waals surface area contributed by atoms with Gasteiger partial charge >= 0.3 is 12.0 Å². The molecule has 2 fully saturated rings. The zero-order valence-corrected chi connectivity index (χ0v) is 10.3. The molecule has 5 nitrogen and oxygen atoms in total. The molecule has 2 unspecified atom stereocenters. The summed E-state index contributed by atoms with van der Waals surface area (Å²) in [6.45, 7) is 4.18. The van der Waals surface area contributed by atoms with Gasteiger partial charge in [-0.2, -0.15) is 0 Å². The molecule has 0 aliphatic carbocycles. The van der Waals surface area contributed by atoms with E-state index in [0.717, 1.165) is 32.4 Å². The summed E-state index contributed by atoms with van der Waals surface area (Å²) in [6.07, 6.45) is 3.56. The summed E-state index contributed by atoms with van der Waals surface area (Å²) in [5, 5.41) is 9.21. The Bertz CT molecular complexity index is 313. The number of hydrogen-bond acceptors (Lipinski definition) is 2. The van der Waals surface area contributed by atoms with Crippen molar-refractivity contribution in [2.45, 2.75) is 38.6 Å². The van der Waals surface area contributed by atoms with Gasteiger partial charge in [-0.15, -0.1) is 0 Å². The molecule has 17 heavy (non-hydrogen) atoms. The number of carboxylic acids is 1. The summed E-state index contributed by atoms with van der Waals surface area (Å²) in [5.41, 5.74) is 0. The van der Waals surface area contributed by atoms with E-state index < -0.39 is 12.0 Å². The second-order valence-electron chi connectivity index (χ2n) is 5.15. The summed E-state index contributed by atoms with van der Waals surface area (Å²) in [6, 6.07) is -0.714. The molecular formula is C12H20N2O3. The normalized spacial score (nSPS) is 29.5. The molecule has 5 heteroatoms. The van der Waals surface area contributed by atoms with Gasteiger partial charge < -0.3 is 14.9 Å². The molecule has 2 heterocycles. The molecule has 0 radical (unpaired) electrons. The molecule has 96 valence electrons. The van der Waals surface area contributed by atoms with Crippen LogP contribution in [0.2, 0.25) is 0 Å². The Kier molecular flexibility index (Phi) is 3.54. The molecule has 2 saturated heterocycles. The van der Waals surface area contributed by atoms with Gasteiger partial charge in [0, 0.05) is 19.6 Å². The van der Waals surface area contributed by atoms with E-state index in [4.69, 9.17) is 0 Å². The fourth-order valence-corrected chi connectivity index (χ4v) is 2.69. The molecule has 2 aliphatic rings. The van der Waals surface area contributed by atoms with Crippen molar-refractivity contribution < 1.29 is 14.7 Å². The van der Waals surface area contributed by atoms with Crippen LogP contribution in [-0.2, 0) is 4.79 Å². The Balaban J connectivity index is 2.06. The molecule has 2 atom stereocenters. The molecule has 0 spiro atoms. The molecule has 0 aromatic carbocycles. The largest absolute Gasteiger partial charge is 0.480 e. The van der Waals surface area contributed by atoms with E-state index in [0.29, 0.717) is 18.9 Å². The SMILES string of the molecule is CC1CCN(C(=O)N2CCCC2)C(C(=O)O)C1. The van der Waals surface area contributed by atoms with Crippen molar-refractivity contribution >= 4 is 12.0 Å². The van der Waals surface area contributed by atoms with E-state index in [1.807, 2.05) is 6.92 Å². The predicted octanol–water partition coefficient (Wildman–Crippen LogP) is 1.39. The predicted molar refractivity (Wildman–Crippen MR) is 62.7 cm³/mol. The standard InChI is InChI=1S/C12H20N2O3/c1-9-4-7-14(10(8-9)11(15)16)12(17)13-5-2-3-6-13/h9-10H,2-8H2,1H3,(H,15,16). The van der Waals surface area contributed by atoms with E-state index in [1.165, 1.54) is 0 Å². The number of amides is 2. The summed E-state index contributed by atoms with van der Waals surface area (Å²) < 4.78 is 0. The lowest BCUT2D eigenvalue weighted by Crippen LogP contribution is -2.53. The van der Waals surface area contributed by atoms with Crippen molar-refractivity contribution in [2.24, 2.45) is 5.92 Å². The van der Waals surface area contributed by atoms with Crippen molar-refractivity contribution in [3.8, 4) is 0 Å². The second-order valence-corrected chi connectivity index (χ2v) is 5.15. The number of likely N-dealkylation sites (tertiary alicyclic amines) is 2. The first-order valence-electron chi connectivity index (χ1n) is 6.38. The van der Waals surface area contributed by atoms with Gasteiger partial charge in [-0.3, -0.25) is 0 Å². The van der Waals surface area contributed by atoms with Crippen molar-refractivity contribution in [1.29, 1.82) is 0 Å². The maximum absolute atomic E-state index is 12.2. The highest BCUT2D eigenvalue weighted by Gasteiger charge is 2.37. The van der Waals surface area contributed by atoms with Crippen LogP contribution in [0.25, 0.3) is 0 Å². The van der Waals surface area contributed by atoms with Crippen LogP contribution >= 0.6 is 0 Å². The summed E-state index contributed by atoms with van der Waals surface area (Å²) in [7, 11) is 0. The smallest absolute Gasteiger partial charge is 0.326 e. The van der Waals surface area contributed by atoms with Crippen LogP contribution < -0.4 is 0 Å². The number of carboxylic acid groups (broad SMARTS) is 1. The average Bonchev–Trinajstić information content (AvgIpc) is 2.81.